The van der Waals surface area contributed by atoms with Crippen LogP contribution in [0.3, 0.4) is 0 Å². The number of fused-ring (bicyclic) bond motifs is 1. The molecule has 1 aliphatic heterocycles. The highest BCUT2D eigenvalue weighted by Crippen LogP contribution is 2.36. The number of hydrogen-bond donors (Lipinski definition) is 1. The summed E-state index contributed by atoms with van der Waals surface area (Å²) in [4.78, 5) is 29.2. The van der Waals surface area contributed by atoms with E-state index in [4.69, 9.17) is 4.42 Å². The summed E-state index contributed by atoms with van der Waals surface area (Å²) in [5.74, 6) is -0.537. The molecule has 0 bridgehead atoms. The second kappa shape index (κ2) is 8.54. The molecule has 0 saturated carbocycles. The van der Waals surface area contributed by atoms with Gasteiger partial charge in [0.05, 0.1) is 12.8 Å². The maximum atomic E-state index is 13.9. The Bertz CT molecular complexity index is 1430. The lowest BCUT2D eigenvalue weighted by Gasteiger charge is -2.43. The van der Waals surface area contributed by atoms with Crippen LogP contribution >= 0.6 is 0 Å². The Kier molecular flexibility index (Phi) is 5.51. The molecule has 1 N–H and O–H groups in total. The number of furan rings is 1. The molecule has 4 aromatic rings. The Balaban J connectivity index is 1.57. The summed E-state index contributed by atoms with van der Waals surface area (Å²) in [5.41, 5.74) is 2.80. The van der Waals surface area contributed by atoms with E-state index in [-0.39, 0.29) is 30.7 Å². The van der Waals surface area contributed by atoms with Crippen LogP contribution in [0.25, 0.3) is 11.5 Å². The number of carbonyl (C=O) groups is 2. The Labute approximate surface area is 202 Å². The number of aromatic nitrogens is 2. The van der Waals surface area contributed by atoms with Gasteiger partial charge in [-0.25, -0.2) is 4.39 Å². The van der Waals surface area contributed by atoms with E-state index in [9.17, 15) is 14.0 Å². The van der Waals surface area contributed by atoms with Crippen molar-refractivity contribution in [1.82, 2.24) is 15.1 Å². The number of amides is 2. The van der Waals surface area contributed by atoms with Crippen molar-refractivity contribution < 1.29 is 18.4 Å². The van der Waals surface area contributed by atoms with Crippen LogP contribution in [0.2, 0.25) is 0 Å². The van der Waals surface area contributed by atoms with Gasteiger partial charge in [-0.05, 0) is 67.8 Å². The van der Waals surface area contributed by atoms with Gasteiger partial charge in [0.25, 0.3) is 5.91 Å². The van der Waals surface area contributed by atoms with Crippen molar-refractivity contribution in [1.29, 1.82) is 0 Å². The van der Waals surface area contributed by atoms with Crippen LogP contribution in [0.15, 0.2) is 71.3 Å². The Morgan fingerprint density at radius 3 is 2.69 bits per heavy atom. The smallest absolute Gasteiger partial charge is 0.277 e. The van der Waals surface area contributed by atoms with Gasteiger partial charge in [-0.3, -0.25) is 19.2 Å². The Morgan fingerprint density at radius 1 is 1.14 bits per heavy atom. The van der Waals surface area contributed by atoms with Gasteiger partial charge in [0, 0.05) is 18.3 Å². The van der Waals surface area contributed by atoms with E-state index in [2.05, 4.69) is 10.4 Å². The number of anilines is 1. The molecule has 2 aromatic carbocycles. The lowest BCUT2D eigenvalue weighted by Crippen LogP contribution is -2.64. The third kappa shape index (κ3) is 3.90. The molecule has 0 aliphatic carbocycles. The Morgan fingerprint density at radius 2 is 1.94 bits per heavy atom. The third-order valence-electron chi connectivity index (χ3n) is 6.58. The lowest BCUT2D eigenvalue weighted by molar-refractivity contribution is -0.126. The molecule has 2 aromatic heterocycles. The average Bonchev–Trinajstić information content (AvgIpc) is 3.50. The van der Waals surface area contributed by atoms with Crippen molar-refractivity contribution in [2.45, 2.75) is 39.4 Å². The van der Waals surface area contributed by atoms with Gasteiger partial charge >= 0.3 is 0 Å². The molecule has 7 nitrogen and oxygen atoms in total. The minimum atomic E-state index is -1.29. The highest BCUT2D eigenvalue weighted by atomic mass is 19.1. The molecule has 0 saturated heterocycles. The molecule has 0 radical (unpaired) electrons. The molecule has 35 heavy (non-hydrogen) atoms. The van der Waals surface area contributed by atoms with Gasteiger partial charge < -0.3 is 9.73 Å². The third-order valence-corrected chi connectivity index (χ3v) is 6.58. The SMILES string of the molecule is Cc1cccc(N2C(=O)c3cc(-c4ccco4)nn3CC2(C)C(=O)NCc2cccc(F)c2)c1C. The van der Waals surface area contributed by atoms with Gasteiger partial charge in [-0.2, -0.15) is 5.10 Å². The first-order chi connectivity index (χ1) is 16.8. The quantitative estimate of drug-likeness (QED) is 0.459. The van der Waals surface area contributed by atoms with E-state index in [0.717, 1.165) is 11.1 Å². The molecule has 5 rings (SSSR count). The molecule has 8 heteroatoms. The normalized spacial score (nSPS) is 17.4. The molecule has 1 atom stereocenters. The number of hydrogen-bond acceptors (Lipinski definition) is 4. The second-order valence-corrected chi connectivity index (χ2v) is 9.00. The Hall–Kier alpha value is -4.20. The maximum Gasteiger partial charge on any atom is 0.277 e. The van der Waals surface area contributed by atoms with Crippen LogP contribution in [0.5, 0.6) is 0 Å². The largest absolute Gasteiger partial charge is 0.463 e. The average molecular weight is 473 g/mol. The molecular weight excluding hydrogens is 447 g/mol. The number of carbonyl (C=O) groups excluding carboxylic acids is 2. The summed E-state index contributed by atoms with van der Waals surface area (Å²) >= 11 is 0. The van der Waals surface area contributed by atoms with E-state index in [1.807, 2.05) is 32.0 Å². The molecule has 1 unspecified atom stereocenters. The first kappa shape index (κ1) is 22.6. The van der Waals surface area contributed by atoms with Crippen LogP contribution in [0.4, 0.5) is 10.1 Å². The van der Waals surface area contributed by atoms with Crippen LogP contribution < -0.4 is 10.2 Å². The van der Waals surface area contributed by atoms with Gasteiger partial charge in [0.15, 0.2) is 5.76 Å². The van der Waals surface area contributed by atoms with Gasteiger partial charge in [-0.15, -0.1) is 0 Å². The highest BCUT2D eigenvalue weighted by Gasteiger charge is 2.49. The molecule has 2 amide bonds. The number of rotatable bonds is 5. The lowest BCUT2D eigenvalue weighted by atomic mass is 9.92. The minimum Gasteiger partial charge on any atom is -0.463 e. The number of aryl methyl sites for hydroxylation is 1. The van der Waals surface area contributed by atoms with Gasteiger partial charge in [0.2, 0.25) is 5.91 Å². The van der Waals surface area contributed by atoms with Crippen molar-refractivity contribution in [2.75, 3.05) is 4.90 Å². The molecule has 1 aliphatic rings. The molecule has 0 spiro atoms. The predicted molar refractivity (Wildman–Crippen MR) is 129 cm³/mol. The van der Waals surface area contributed by atoms with Crippen molar-refractivity contribution in [3.05, 3.63) is 95.1 Å². The first-order valence-electron chi connectivity index (χ1n) is 11.3. The summed E-state index contributed by atoms with van der Waals surface area (Å²) < 4.78 is 20.7. The standard InChI is InChI=1S/C27H25FN4O3/c1-17-7-4-10-22(18(17)2)32-25(33)23-14-21(24-11-6-12-35-24)30-31(23)16-27(32,3)26(34)29-15-19-8-5-9-20(28)13-19/h4-14H,15-16H2,1-3H3,(H,29,34). The van der Waals surface area contributed by atoms with E-state index in [1.165, 1.54) is 12.1 Å². The van der Waals surface area contributed by atoms with E-state index >= 15 is 0 Å². The van der Waals surface area contributed by atoms with Gasteiger partial charge in [-0.1, -0.05) is 24.3 Å². The molecule has 3 heterocycles. The van der Waals surface area contributed by atoms with Crippen molar-refractivity contribution in [3.8, 4) is 11.5 Å². The fourth-order valence-corrected chi connectivity index (χ4v) is 4.50. The predicted octanol–water partition coefficient (Wildman–Crippen LogP) is 4.63. The number of halogens is 1. The zero-order valence-electron chi connectivity index (χ0n) is 19.7. The maximum absolute atomic E-state index is 13.9. The number of benzene rings is 2. The summed E-state index contributed by atoms with van der Waals surface area (Å²) in [6, 6.07) is 16.9. The topological polar surface area (TPSA) is 80.4 Å². The molecular formula is C27H25FN4O3. The van der Waals surface area contributed by atoms with Crippen LogP contribution in [-0.4, -0.2) is 27.1 Å². The summed E-state index contributed by atoms with van der Waals surface area (Å²) in [6.07, 6.45) is 1.54. The van der Waals surface area contributed by atoms with Crippen LogP contribution in [-0.2, 0) is 17.9 Å². The zero-order chi connectivity index (χ0) is 24.7. The van der Waals surface area contributed by atoms with Gasteiger partial charge in [0.1, 0.15) is 22.7 Å². The minimum absolute atomic E-state index is 0.130. The first-order valence-corrected chi connectivity index (χ1v) is 11.3. The number of nitrogens with zero attached hydrogens (tertiary/aromatic N) is 3. The van der Waals surface area contributed by atoms with Crippen LogP contribution in [0.1, 0.15) is 34.1 Å². The van der Waals surface area contributed by atoms with Crippen molar-refractivity contribution in [2.24, 2.45) is 0 Å². The fourth-order valence-electron chi connectivity index (χ4n) is 4.50. The van der Waals surface area contributed by atoms with Crippen molar-refractivity contribution >= 4 is 17.5 Å². The monoisotopic (exact) mass is 472 g/mol. The fraction of sp³-hybridized carbons (Fsp3) is 0.222. The summed E-state index contributed by atoms with van der Waals surface area (Å²) in [5, 5.41) is 7.46. The summed E-state index contributed by atoms with van der Waals surface area (Å²) in [7, 11) is 0. The number of nitrogens with one attached hydrogen (secondary N) is 1. The molecule has 178 valence electrons. The van der Waals surface area contributed by atoms with Crippen molar-refractivity contribution in [3.63, 3.8) is 0 Å². The van der Waals surface area contributed by atoms with E-state index < -0.39 is 5.54 Å². The molecule has 0 fully saturated rings. The highest BCUT2D eigenvalue weighted by molar-refractivity contribution is 6.12. The van der Waals surface area contributed by atoms with E-state index in [1.54, 1.807) is 53.1 Å². The second-order valence-electron chi connectivity index (χ2n) is 9.00. The van der Waals surface area contributed by atoms with Crippen LogP contribution in [0, 0.1) is 19.7 Å². The zero-order valence-corrected chi connectivity index (χ0v) is 19.7. The summed E-state index contributed by atoms with van der Waals surface area (Å²) in [6.45, 7) is 5.89. The van der Waals surface area contributed by atoms with E-state index in [0.29, 0.717) is 28.4 Å².